The Kier molecular flexibility index (Phi) is 8.91. The smallest absolute Gasteiger partial charge is 0.0622 e. The van der Waals surface area contributed by atoms with Crippen molar-refractivity contribution in [3.8, 4) is 89.0 Å². The molecule has 1 spiro atoms. The lowest BCUT2D eigenvalue weighted by molar-refractivity contribution is 0.794. The zero-order valence-electron chi connectivity index (χ0n) is 37.9. The molecule has 2 aliphatic carbocycles. The zero-order chi connectivity index (χ0) is 45.5. The maximum atomic E-state index is 2.50. The molecule has 0 heteroatoms. The molecule has 14 rings (SSSR count). The molecule has 12 aromatic carbocycles. The van der Waals surface area contributed by atoms with Gasteiger partial charge in [0.25, 0.3) is 0 Å². The highest BCUT2D eigenvalue weighted by molar-refractivity contribution is 6.22. The van der Waals surface area contributed by atoms with Crippen molar-refractivity contribution in [3.63, 3.8) is 0 Å². The number of rotatable bonds is 6. The second-order valence-electron chi connectivity index (χ2n) is 18.6. The predicted molar refractivity (Wildman–Crippen MR) is 290 cm³/mol. The molecule has 0 saturated carbocycles. The van der Waals surface area contributed by atoms with Crippen LogP contribution in [0.3, 0.4) is 0 Å². The van der Waals surface area contributed by atoms with Crippen molar-refractivity contribution in [1.82, 2.24) is 0 Å². The molecule has 0 saturated heterocycles. The first-order valence-electron chi connectivity index (χ1n) is 24.1. The first-order chi connectivity index (χ1) is 34.2. The molecule has 0 amide bonds. The molecule has 0 aromatic heterocycles. The van der Waals surface area contributed by atoms with Gasteiger partial charge in [-0.15, -0.1) is 0 Å². The van der Waals surface area contributed by atoms with E-state index < -0.39 is 5.41 Å². The first-order valence-corrected chi connectivity index (χ1v) is 24.1. The summed E-state index contributed by atoms with van der Waals surface area (Å²) in [7, 11) is 0. The van der Waals surface area contributed by atoms with Crippen LogP contribution in [-0.4, -0.2) is 0 Å². The van der Waals surface area contributed by atoms with Gasteiger partial charge in [-0.05, 0) is 157 Å². The summed E-state index contributed by atoms with van der Waals surface area (Å²) >= 11 is 0. The van der Waals surface area contributed by atoms with Crippen LogP contribution >= 0.6 is 0 Å². The van der Waals surface area contributed by atoms with Crippen LogP contribution in [0.2, 0.25) is 0 Å². The summed E-state index contributed by atoms with van der Waals surface area (Å²) < 4.78 is 0. The Balaban J connectivity index is 0.910. The van der Waals surface area contributed by atoms with Gasteiger partial charge in [-0.2, -0.15) is 0 Å². The third-order valence-corrected chi connectivity index (χ3v) is 15.1. The minimum Gasteiger partial charge on any atom is -0.0622 e. The maximum Gasteiger partial charge on any atom is 0.0725 e. The highest BCUT2D eigenvalue weighted by atomic mass is 14.5. The highest BCUT2D eigenvalue weighted by Crippen LogP contribution is 2.63. The van der Waals surface area contributed by atoms with Gasteiger partial charge in [0.15, 0.2) is 0 Å². The van der Waals surface area contributed by atoms with Gasteiger partial charge in [0, 0.05) is 0 Å². The molecule has 0 unspecified atom stereocenters. The highest BCUT2D eigenvalue weighted by Gasteiger charge is 2.51. The van der Waals surface area contributed by atoms with E-state index in [0.29, 0.717) is 0 Å². The molecule has 0 bridgehead atoms. The standard InChI is InChI=1S/C69H44/c1-3-19-45(20-4-1)50-37-39-56-57-40-38-51(44-66(57)69(65(56)43-50)63-35-15-13-28-54(63)55-29-14-16-36-64(55)69)48-24-17-23-47(41-48)49-25-18-26-52(42-49)67-59-31-9-11-33-61(59)68(62-34-12-10-32-60(62)67)58-30-8-7-27-53(58)46-21-5-2-6-22-46/h1-44H. The molecular formula is C69H44. The zero-order valence-corrected chi connectivity index (χ0v) is 37.9. The molecule has 2 aliphatic rings. The molecule has 320 valence electrons. The molecule has 0 N–H and O–H groups in total. The number of hydrogen-bond acceptors (Lipinski definition) is 0. The molecule has 0 atom stereocenters. The van der Waals surface area contributed by atoms with E-state index in [0.717, 1.165) is 0 Å². The van der Waals surface area contributed by atoms with E-state index in [-0.39, 0.29) is 0 Å². The lowest BCUT2D eigenvalue weighted by atomic mass is 9.70. The van der Waals surface area contributed by atoms with Crippen molar-refractivity contribution in [2.45, 2.75) is 5.41 Å². The number of benzene rings is 12. The summed E-state index contributed by atoms with van der Waals surface area (Å²) in [6.07, 6.45) is 0. The van der Waals surface area contributed by atoms with Gasteiger partial charge in [-0.25, -0.2) is 0 Å². The van der Waals surface area contributed by atoms with Crippen LogP contribution in [0.1, 0.15) is 22.3 Å². The van der Waals surface area contributed by atoms with Crippen molar-refractivity contribution in [2.24, 2.45) is 0 Å². The van der Waals surface area contributed by atoms with Crippen molar-refractivity contribution in [3.05, 3.63) is 289 Å². The van der Waals surface area contributed by atoms with Gasteiger partial charge in [-0.1, -0.05) is 243 Å². The van der Waals surface area contributed by atoms with Crippen LogP contribution in [0.5, 0.6) is 0 Å². The van der Waals surface area contributed by atoms with E-state index in [1.807, 2.05) is 0 Å². The summed E-state index contributed by atoms with van der Waals surface area (Å²) in [5.74, 6) is 0. The fraction of sp³-hybridized carbons (Fsp3) is 0.0145. The van der Waals surface area contributed by atoms with Crippen LogP contribution in [0.4, 0.5) is 0 Å². The van der Waals surface area contributed by atoms with Crippen LogP contribution in [0.15, 0.2) is 267 Å². The van der Waals surface area contributed by atoms with Crippen LogP contribution in [-0.2, 0) is 5.41 Å². The summed E-state index contributed by atoms with van der Waals surface area (Å²) in [6.45, 7) is 0. The molecule has 0 radical (unpaired) electrons. The Morgan fingerprint density at radius 3 is 1.06 bits per heavy atom. The van der Waals surface area contributed by atoms with Gasteiger partial charge in [0.05, 0.1) is 5.41 Å². The normalized spacial score (nSPS) is 12.8. The molecule has 0 aliphatic heterocycles. The van der Waals surface area contributed by atoms with Gasteiger partial charge < -0.3 is 0 Å². The quantitative estimate of drug-likeness (QED) is 0.146. The Bertz CT molecular complexity index is 3900. The van der Waals surface area contributed by atoms with E-state index in [2.05, 4.69) is 267 Å². The summed E-state index contributed by atoms with van der Waals surface area (Å²) in [4.78, 5) is 0. The van der Waals surface area contributed by atoms with Crippen molar-refractivity contribution < 1.29 is 0 Å². The second kappa shape index (κ2) is 15.6. The first kappa shape index (κ1) is 39.3. The Labute approximate surface area is 403 Å². The van der Waals surface area contributed by atoms with E-state index in [1.165, 1.54) is 133 Å². The van der Waals surface area contributed by atoms with Crippen molar-refractivity contribution in [1.29, 1.82) is 0 Å². The van der Waals surface area contributed by atoms with Crippen molar-refractivity contribution >= 4 is 21.5 Å². The maximum absolute atomic E-state index is 2.50. The average molecular weight is 873 g/mol. The monoisotopic (exact) mass is 872 g/mol. The fourth-order valence-corrected chi connectivity index (χ4v) is 12.2. The van der Waals surface area contributed by atoms with E-state index in [9.17, 15) is 0 Å². The molecule has 12 aromatic rings. The Morgan fingerprint density at radius 1 is 0.174 bits per heavy atom. The van der Waals surface area contributed by atoms with E-state index in [1.54, 1.807) is 0 Å². The predicted octanol–water partition coefficient (Wildman–Crippen LogP) is 18.3. The second-order valence-corrected chi connectivity index (χ2v) is 18.6. The lowest BCUT2D eigenvalue weighted by Gasteiger charge is -2.31. The van der Waals surface area contributed by atoms with Crippen LogP contribution in [0.25, 0.3) is 111 Å². The third-order valence-electron chi connectivity index (χ3n) is 15.1. The average Bonchev–Trinajstić information content (AvgIpc) is 3.89. The minimum atomic E-state index is -0.449. The van der Waals surface area contributed by atoms with E-state index >= 15 is 0 Å². The van der Waals surface area contributed by atoms with Gasteiger partial charge in [0.2, 0.25) is 0 Å². The van der Waals surface area contributed by atoms with Crippen molar-refractivity contribution in [2.75, 3.05) is 0 Å². The lowest BCUT2D eigenvalue weighted by Crippen LogP contribution is -2.26. The molecule has 0 heterocycles. The Hall–Kier alpha value is -8.84. The third kappa shape index (κ3) is 5.96. The molecule has 0 nitrogen and oxygen atoms in total. The van der Waals surface area contributed by atoms with E-state index in [4.69, 9.17) is 0 Å². The number of fused-ring (bicyclic) bond motifs is 12. The molecule has 69 heavy (non-hydrogen) atoms. The summed E-state index contributed by atoms with van der Waals surface area (Å²) in [5, 5.41) is 5.00. The molecule has 0 fully saturated rings. The van der Waals surface area contributed by atoms with Gasteiger partial charge in [-0.3, -0.25) is 0 Å². The largest absolute Gasteiger partial charge is 0.0725 e. The summed E-state index contributed by atoms with van der Waals surface area (Å²) in [6, 6.07) is 99.3. The number of hydrogen-bond donors (Lipinski definition) is 0. The van der Waals surface area contributed by atoms with Crippen LogP contribution in [0, 0.1) is 0 Å². The summed E-state index contributed by atoms with van der Waals surface area (Å²) in [5.41, 5.74) is 24.9. The SMILES string of the molecule is c1ccc(-c2ccc3c(c2)C2(c4ccccc4-c4ccccc42)c2cc(-c4cccc(-c5cccc(-c6c7ccccc7c(-c7ccccc7-c7ccccc7)c7ccccc67)c5)c4)ccc2-3)cc1. The fourth-order valence-electron chi connectivity index (χ4n) is 12.2. The Morgan fingerprint density at radius 2 is 0.522 bits per heavy atom. The minimum absolute atomic E-state index is 0.449. The van der Waals surface area contributed by atoms with Gasteiger partial charge in [0.1, 0.15) is 0 Å². The molecular weight excluding hydrogens is 829 g/mol. The van der Waals surface area contributed by atoms with Crippen LogP contribution < -0.4 is 0 Å². The topological polar surface area (TPSA) is 0 Å². The van der Waals surface area contributed by atoms with Gasteiger partial charge >= 0.3 is 0 Å².